The summed E-state index contributed by atoms with van der Waals surface area (Å²) in [6.45, 7) is 2.73. The zero-order chi connectivity index (χ0) is 15.2. The summed E-state index contributed by atoms with van der Waals surface area (Å²) >= 11 is 0. The van der Waals surface area contributed by atoms with Gasteiger partial charge >= 0.3 is 5.97 Å². The van der Waals surface area contributed by atoms with Gasteiger partial charge in [-0.3, -0.25) is 0 Å². The molecule has 2 rings (SSSR count). The Hall–Kier alpha value is -2.50. The highest BCUT2D eigenvalue weighted by Crippen LogP contribution is 2.25. The molecular formula is C15H17FN2O3. The number of carbonyl (C=O) groups excluding carboxylic acids is 1. The lowest BCUT2D eigenvalue weighted by Crippen LogP contribution is -2.05. The molecule has 0 unspecified atom stereocenters. The quantitative estimate of drug-likeness (QED) is 0.803. The van der Waals surface area contributed by atoms with Crippen molar-refractivity contribution < 1.29 is 18.7 Å². The van der Waals surface area contributed by atoms with Crippen molar-refractivity contribution in [3.63, 3.8) is 0 Å². The molecule has 0 amide bonds. The molecule has 1 aromatic heterocycles. The van der Waals surface area contributed by atoms with Crippen molar-refractivity contribution in [2.45, 2.75) is 13.5 Å². The molecule has 21 heavy (non-hydrogen) atoms. The average Bonchev–Trinajstić information content (AvgIpc) is 2.95. The van der Waals surface area contributed by atoms with Crippen molar-refractivity contribution in [3.8, 4) is 5.75 Å². The first-order valence-corrected chi connectivity index (χ1v) is 6.56. The molecule has 0 aliphatic carbocycles. The van der Waals surface area contributed by atoms with E-state index in [0.717, 1.165) is 5.69 Å². The van der Waals surface area contributed by atoms with Crippen LogP contribution in [0.25, 0.3) is 0 Å². The summed E-state index contributed by atoms with van der Waals surface area (Å²) in [5.74, 6) is -0.313. The summed E-state index contributed by atoms with van der Waals surface area (Å²) in [5, 5.41) is 3.14. The standard InChI is InChI=1S/C15H17FN2O3/c1-3-21-14-8-10(16)4-6-12(14)17-9-11-5-7-13(18-11)15(19)20-2/h4-8,17-18H,3,9H2,1-2H3. The number of aromatic amines is 1. The maximum Gasteiger partial charge on any atom is 0.354 e. The second-order valence-electron chi connectivity index (χ2n) is 4.32. The minimum absolute atomic E-state index is 0.350. The molecule has 0 fully saturated rings. The van der Waals surface area contributed by atoms with Gasteiger partial charge < -0.3 is 19.8 Å². The van der Waals surface area contributed by atoms with E-state index >= 15 is 0 Å². The van der Waals surface area contributed by atoms with Gasteiger partial charge in [-0.15, -0.1) is 0 Å². The van der Waals surface area contributed by atoms with Crippen LogP contribution in [0, 0.1) is 5.82 Å². The first kappa shape index (κ1) is 14.9. The van der Waals surface area contributed by atoms with Crippen molar-refractivity contribution in [2.75, 3.05) is 19.0 Å². The molecule has 0 radical (unpaired) electrons. The van der Waals surface area contributed by atoms with Gasteiger partial charge in [0.2, 0.25) is 0 Å². The maximum absolute atomic E-state index is 13.2. The van der Waals surface area contributed by atoms with Gasteiger partial charge in [0.15, 0.2) is 0 Å². The highest BCUT2D eigenvalue weighted by atomic mass is 19.1. The summed E-state index contributed by atoms with van der Waals surface area (Å²) in [5.41, 5.74) is 1.88. The number of H-pyrrole nitrogens is 1. The van der Waals surface area contributed by atoms with E-state index in [0.29, 0.717) is 30.3 Å². The lowest BCUT2D eigenvalue weighted by Gasteiger charge is -2.12. The molecule has 1 aromatic carbocycles. The van der Waals surface area contributed by atoms with Crippen LogP contribution < -0.4 is 10.1 Å². The first-order valence-electron chi connectivity index (χ1n) is 6.56. The zero-order valence-electron chi connectivity index (χ0n) is 11.9. The van der Waals surface area contributed by atoms with Gasteiger partial charge in [0.05, 0.1) is 25.9 Å². The smallest absolute Gasteiger partial charge is 0.354 e. The van der Waals surface area contributed by atoms with Gasteiger partial charge in [0.1, 0.15) is 17.3 Å². The monoisotopic (exact) mass is 292 g/mol. The number of ether oxygens (including phenoxy) is 2. The molecule has 0 spiro atoms. The molecule has 5 nitrogen and oxygen atoms in total. The number of benzene rings is 1. The van der Waals surface area contributed by atoms with Gasteiger partial charge in [-0.1, -0.05) is 0 Å². The first-order chi connectivity index (χ1) is 10.1. The van der Waals surface area contributed by atoms with E-state index < -0.39 is 5.97 Å². The molecule has 2 aromatic rings. The number of nitrogens with one attached hydrogen (secondary N) is 2. The third-order valence-corrected chi connectivity index (χ3v) is 2.86. The second-order valence-corrected chi connectivity index (χ2v) is 4.32. The van der Waals surface area contributed by atoms with Gasteiger partial charge in [-0.2, -0.15) is 0 Å². The second kappa shape index (κ2) is 6.78. The number of esters is 1. The Kier molecular flexibility index (Phi) is 4.81. The van der Waals surface area contributed by atoms with Gasteiger partial charge in [0.25, 0.3) is 0 Å². The van der Waals surface area contributed by atoms with Crippen LogP contribution in [0.1, 0.15) is 23.1 Å². The van der Waals surface area contributed by atoms with Crippen molar-refractivity contribution in [1.29, 1.82) is 0 Å². The van der Waals surface area contributed by atoms with E-state index in [9.17, 15) is 9.18 Å². The number of hydrogen-bond acceptors (Lipinski definition) is 4. The lowest BCUT2D eigenvalue weighted by molar-refractivity contribution is 0.0594. The number of hydrogen-bond donors (Lipinski definition) is 2. The molecule has 0 aliphatic heterocycles. The molecule has 0 saturated heterocycles. The molecule has 2 N–H and O–H groups in total. The van der Waals surface area contributed by atoms with Crippen LogP contribution in [0.4, 0.5) is 10.1 Å². The third-order valence-electron chi connectivity index (χ3n) is 2.86. The number of rotatable bonds is 6. The van der Waals surface area contributed by atoms with Gasteiger partial charge in [-0.05, 0) is 31.2 Å². The molecule has 1 heterocycles. The minimum atomic E-state index is -0.418. The Morgan fingerprint density at radius 1 is 1.33 bits per heavy atom. The van der Waals surface area contributed by atoms with E-state index in [2.05, 4.69) is 15.0 Å². The predicted molar refractivity (Wildman–Crippen MR) is 77.0 cm³/mol. The van der Waals surface area contributed by atoms with Gasteiger partial charge in [0, 0.05) is 11.8 Å². The summed E-state index contributed by atoms with van der Waals surface area (Å²) in [6.07, 6.45) is 0. The van der Waals surface area contributed by atoms with Crippen LogP contribution in [0.2, 0.25) is 0 Å². The molecule has 0 atom stereocenters. The minimum Gasteiger partial charge on any atom is -0.492 e. The number of aromatic nitrogens is 1. The average molecular weight is 292 g/mol. The SMILES string of the molecule is CCOc1cc(F)ccc1NCc1ccc(C(=O)OC)[nH]1. The number of anilines is 1. The van der Waals surface area contributed by atoms with Crippen molar-refractivity contribution in [3.05, 3.63) is 47.5 Å². The van der Waals surface area contributed by atoms with E-state index in [1.165, 1.54) is 19.2 Å². The highest BCUT2D eigenvalue weighted by molar-refractivity contribution is 5.87. The topological polar surface area (TPSA) is 63.4 Å². The largest absolute Gasteiger partial charge is 0.492 e. The fourth-order valence-corrected chi connectivity index (χ4v) is 1.88. The summed E-state index contributed by atoms with van der Waals surface area (Å²) in [6, 6.07) is 7.74. The third kappa shape index (κ3) is 3.75. The highest BCUT2D eigenvalue weighted by Gasteiger charge is 2.09. The lowest BCUT2D eigenvalue weighted by atomic mass is 10.2. The van der Waals surface area contributed by atoms with Crippen LogP contribution in [0.15, 0.2) is 30.3 Å². The van der Waals surface area contributed by atoms with Crippen LogP contribution in [-0.2, 0) is 11.3 Å². The van der Waals surface area contributed by atoms with E-state index in [4.69, 9.17) is 4.74 Å². The maximum atomic E-state index is 13.2. The zero-order valence-corrected chi connectivity index (χ0v) is 11.9. The molecule has 0 bridgehead atoms. The van der Waals surface area contributed by atoms with Crippen LogP contribution >= 0.6 is 0 Å². The van der Waals surface area contributed by atoms with Crippen LogP contribution in [0.5, 0.6) is 5.75 Å². The Bertz CT molecular complexity index is 625. The Balaban J connectivity index is 2.06. The molecule has 0 aliphatic rings. The molecule has 112 valence electrons. The van der Waals surface area contributed by atoms with Crippen molar-refractivity contribution in [1.82, 2.24) is 4.98 Å². The van der Waals surface area contributed by atoms with Crippen molar-refractivity contribution in [2.24, 2.45) is 0 Å². The van der Waals surface area contributed by atoms with Crippen LogP contribution in [-0.4, -0.2) is 24.7 Å². The van der Waals surface area contributed by atoms with E-state index in [-0.39, 0.29) is 5.82 Å². The van der Waals surface area contributed by atoms with E-state index in [1.807, 2.05) is 6.92 Å². The van der Waals surface area contributed by atoms with E-state index in [1.54, 1.807) is 18.2 Å². The normalized spacial score (nSPS) is 10.2. The Morgan fingerprint density at radius 3 is 2.86 bits per heavy atom. The molecule has 0 saturated carbocycles. The molecule has 6 heteroatoms. The number of carbonyl (C=O) groups is 1. The fourth-order valence-electron chi connectivity index (χ4n) is 1.88. The predicted octanol–water partition coefficient (Wildman–Crippen LogP) is 2.95. The summed E-state index contributed by atoms with van der Waals surface area (Å²) < 4.78 is 23.2. The van der Waals surface area contributed by atoms with Crippen molar-refractivity contribution >= 4 is 11.7 Å². The number of methoxy groups -OCH3 is 1. The fraction of sp³-hybridized carbons (Fsp3) is 0.267. The summed E-state index contributed by atoms with van der Waals surface area (Å²) in [7, 11) is 1.33. The Labute approximate surface area is 122 Å². The Morgan fingerprint density at radius 2 is 2.14 bits per heavy atom. The molecular weight excluding hydrogens is 275 g/mol. The van der Waals surface area contributed by atoms with Gasteiger partial charge in [-0.25, -0.2) is 9.18 Å². The van der Waals surface area contributed by atoms with Crippen LogP contribution in [0.3, 0.4) is 0 Å². The number of halogens is 1. The summed E-state index contributed by atoms with van der Waals surface area (Å²) in [4.78, 5) is 14.3.